The Morgan fingerprint density at radius 2 is 1.91 bits per heavy atom. The summed E-state index contributed by atoms with van der Waals surface area (Å²) in [6, 6.07) is 12.3. The van der Waals surface area contributed by atoms with Crippen molar-refractivity contribution in [1.82, 2.24) is 14.7 Å². The molecular weight excluding hydrogens is 405 g/mol. The third kappa shape index (κ3) is 5.56. The molecule has 1 aliphatic heterocycles. The van der Waals surface area contributed by atoms with Gasteiger partial charge in [0.05, 0.1) is 32.5 Å². The molecular formula is C17H22IN3O2. The molecule has 1 saturated heterocycles. The highest BCUT2D eigenvalue weighted by Crippen LogP contribution is 2.09. The Morgan fingerprint density at radius 3 is 2.61 bits per heavy atom. The maximum Gasteiger partial charge on any atom is 0.123 e. The molecule has 2 aromatic rings. The van der Waals surface area contributed by atoms with Crippen LogP contribution in [0.15, 0.2) is 42.6 Å². The lowest BCUT2D eigenvalue weighted by Crippen LogP contribution is -2.43. The number of halogens is 1. The van der Waals surface area contributed by atoms with Gasteiger partial charge in [0.15, 0.2) is 0 Å². The topological polar surface area (TPSA) is 39.5 Å². The zero-order chi connectivity index (χ0) is 15.9. The zero-order valence-corrected chi connectivity index (χ0v) is 15.3. The molecule has 1 aliphatic rings. The van der Waals surface area contributed by atoms with Crippen LogP contribution in [-0.2, 0) is 22.6 Å². The van der Waals surface area contributed by atoms with Crippen molar-refractivity contribution in [3.63, 3.8) is 0 Å². The van der Waals surface area contributed by atoms with Gasteiger partial charge in [-0.15, -0.1) is 0 Å². The maximum atomic E-state index is 6.20. The van der Waals surface area contributed by atoms with Crippen LogP contribution in [-0.4, -0.2) is 53.6 Å². The van der Waals surface area contributed by atoms with Crippen molar-refractivity contribution in [3.8, 4) is 0 Å². The van der Waals surface area contributed by atoms with Crippen LogP contribution >= 0.6 is 22.6 Å². The van der Waals surface area contributed by atoms with Gasteiger partial charge in [0.2, 0.25) is 0 Å². The third-order valence-electron chi connectivity index (χ3n) is 3.89. The first-order valence-electron chi connectivity index (χ1n) is 7.94. The van der Waals surface area contributed by atoms with Crippen LogP contribution in [0.5, 0.6) is 0 Å². The smallest absolute Gasteiger partial charge is 0.123 e. The SMILES string of the molecule is Ic1ccn(CC(CN2CCOCC2)OCc2ccccc2)n1. The fourth-order valence-electron chi connectivity index (χ4n) is 2.67. The Hall–Kier alpha value is -0.960. The summed E-state index contributed by atoms with van der Waals surface area (Å²) < 4.78 is 14.6. The van der Waals surface area contributed by atoms with E-state index in [0.717, 1.165) is 43.1 Å². The summed E-state index contributed by atoms with van der Waals surface area (Å²) in [6.45, 7) is 5.88. The van der Waals surface area contributed by atoms with E-state index in [9.17, 15) is 0 Å². The van der Waals surface area contributed by atoms with Crippen LogP contribution < -0.4 is 0 Å². The summed E-state index contributed by atoms with van der Waals surface area (Å²) in [5.41, 5.74) is 1.20. The van der Waals surface area contributed by atoms with Gasteiger partial charge in [-0.05, 0) is 34.2 Å². The van der Waals surface area contributed by atoms with E-state index >= 15 is 0 Å². The highest BCUT2D eigenvalue weighted by atomic mass is 127. The normalized spacial score (nSPS) is 17.3. The van der Waals surface area contributed by atoms with E-state index in [1.54, 1.807) is 0 Å². The monoisotopic (exact) mass is 427 g/mol. The fourth-order valence-corrected chi connectivity index (χ4v) is 3.11. The lowest BCUT2D eigenvalue weighted by Gasteiger charge is -2.30. The van der Waals surface area contributed by atoms with Gasteiger partial charge in [-0.2, -0.15) is 5.10 Å². The molecule has 0 aliphatic carbocycles. The second-order valence-electron chi connectivity index (χ2n) is 5.69. The Morgan fingerprint density at radius 1 is 1.13 bits per heavy atom. The molecule has 6 heteroatoms. The Labute approximate surface area is 150 Å². The lowest BCUT2D eigenvalue weighted by atomic mass is 10.2. The highest BCUT2D eigenvalue weighted by Gasteiger charge is 2.18. The predicted octanol–water partition coefficient (Wildman–Crippen LogP) is 2.41. The number of rotatable bonds is 7. The van der Waals surface area contributed by atoms with E-state index < -0.39 is 0 Å². The van der Waals surface area contributed by atoms with Crippen LogP contribution in [0.4, 0.5) is 0 Å². The highest BCUT2D eigenvalue weighted by molar-refractivity contribution is 14.1. The molecule has 23 heavy (non-hydrogen) atoms. The number of benzene rings is 1. The van der Waals surface area contributed by atoms with Crippen molar-refractivity contribution in [2.24, 2.45) is 0 Å². The molecule has 0 saturated carbocycles. The summed E-state index contributed by atoms with van der Waals surface area (Å²) in [6.07, 6.45) is 2.13. The standard InChI is InChI=1S/C17H22IN3O2/c18-17-6-7-21(19-17)13-16(12-20-8-10-22-11-9-20)23-14-15-4-2-1-3-5-15/h1-7,16H,8-14H2. The van der Waals surface area contributed by atoms with Gasteiger partial charge < -0.3 is 9.47 Å². The number of ether oxygens (including phenoxy) is 2. The van der Waals surface area contributed by atoms with Crippen LogP contribution in [0.2, 0.25) is 0 Å². The summed E-state index contributed by atoms with van der Waals surface area (Å²) in [5, 5.41) is 4.48. The second-order valence-corrected chi connectivity index (χ2v) is 6.80. The molecule has 3 rings (SSSR count). The minimum Gasteiger partial charge on any atom is -0.379 e. The van der Waals surface area contributed by atoms with Gasteiger partial charge in [-0.3, -0.25) is 9.58 Å². The van der Waals surface area contributed by atoms with Gasteiger partial charge in [-0.1, -0.05) is 30.3 Å². The van der Waals surface area contributed by atoms with Crippen LogP contribution in [0, 0.1) is 3.70 Å². The van der Waals surface area contributed by atoms with Gasteiger partial charge in [-0.25, -0.2) is 0 Å². The van der Waals surface area contributed by atoms with Crippen molar-refractivity contribution in [3.05, 3.63) is 51.9 Å². The number of nitrogens with zero attached hydrogens (tertiary/aromatic N) is 3. The molecule has 0 spiro atoms. The Bertz CT molecular complexity index is 585. The molecule has 1 unspecified atom stereocenters. The van der Waals surface area contributed by atoms with E-state index in [1.807, 2.05) is 35.1 Å². The van der Waals surface area contributed by atoms with Crippen molar-refractivity contribution < 1.29 is 9.47 Å². The molecule has 0 bridgehead atoms. The average molecular weight is 427 g/mol. The third-order valence-corrected chi connectivity index (χ3v) is 4.47. The molecule has 1 fully saturated rings. The van der Waals surface area contributed by atoms with E-state index in [4.69, 9.17) is 9.47 Å². The van der Waals surface area contributed by atoms with E-state index in [1.165, 1.54) is 5.56 Å². The molecule has 124 valence electrons. The molecule has 0 amide bonds. The summed E-state index contributed by atoms with van der Waals surface area (Å²) in [7, 11) is 0. The average Bonchev–Trinajstić information content (AvgIpc) is 2.99. The number of hydrogen-bond donors (Lipinski definition) is 0. The van der Waals surface area contributed by atoms with Crippen molar-refractivity contribution >= 4 is 22.6 Å². The first kappa shape index (κ1) is 16.9. The first-order valence-corrected chi connectivity index (χ1v) is 9.02. The Balaban J connectivity index is 1.59. The number of morpholine rings is 1. The van der Waals surface area contributed by atoms with E-state index in [-0.39, 0.29) is 6.10 Å². The van der Waals surface area contributed by atoms with Crippen LogP contribution in [0.3, 0.4) is 0 Å². The quantitative estimate of drug-likeness (QED) is 0.637. The van der Waals surface area contributed by atoms with Crippen LogP contribution in [0.25, 0.3) is 0 Å². The number of hydrogen-bond acceptors (Lipinski definition) is 4. The molecule has 1 aromatic carbocycles. The summed E-state index contributed by atoms with van der Waals surface area (Å²) in [5.74, 6) is 0. The molecule has 0 radical (unpaired) electrons. The maximum absolute atomic E-state index is 6.20. The van der Waals surface area contributed by atoms with Gasteiger partial charge in [0.1, 0.15) is 3.70 Å². The van der Waals surface area contributed by atoms with Gasteiger partial charge in [0.25, 0.3) is 0 Å². The minimum absolute atomic E-state index is 0.115. The second kappa shape index (κ2) is 8.77. The van der Waals surface area contributed by atoms with Gasteiger partial charge in [0, 0.05) is 25.8 Å². The molecule has 1 atom stereocenters. The first-order chi connectivity index (χ1) is 11.3. The zero-order valence-electron chi connectivity index (χ0n) is 13.1. The van der Waals surface area contributed by atoms with E-state index in [2.05, 4.69) is 44.7 Å². The summed E-state index contributed by atoms with van der Waals surface area (Å²) >= 11 is 2.23. The van der Waals surface area contributed by atoms with Crippen molar-refractivity contribution in [2.75, 3.05) is 32.8 Å². The summed E-state index contributed by atoms with van der Waals surface area (Å²) in [4.78, 5) is 2.41. The predicted molar refractivity (Wildman–Crippen MR) is 97.2 cm³/mol. The van der Waals surface area contributed by atoms with Crippen molar-refractivity contribution in [1.29, 1.82) is 0 Å². The van der Waals surface area contributed by atoms with Gasteiger partial charge >= 0.3 is 0 Å². The number of aromatic nitrogens is 2. The molecule has 2 heterocycles. The Kier molecular flexibility index (Phi) is 6.44. The lowest BCUT2D eigenvalue weighted by molar-refractivity contribution is -0.0252. The fraction of sp³-hybridized carbons (Fsp3) is 0.471. The molecule has 1 aromatic heterocycles. The molecule has 0 N–H and O–H groups in total. The van der Waals surface area contributed by atoms with Crippen LogP contribution in [0.1, 0.15) is 5.56 Å². The van der Waals surface area contributed by atoms with E-state index in [0.29, 0.717) is 6.61 Å². The minimum atomic E-state index is 0.115. The van der Waals surface area contributed by atoms with Crippen molar-refractivity contribution in [2.45, 2.75) is 19.3 Å². The molecule has 5 nitrogen and oxygen atoms in total. The largest absolute Gasteiger partial charge is 0.379 e.